The van der Waals surface area contributed by atoms with Gasteiger partial charge in [0.2, 0.25) is 0 Å². The van der Waals surface area contributed by atoms with Gasteiger partial charge < -0.3 is 9.67 Å². The first-order chi connectivity index (χ1) is 8.90. The maximum absolute atomic E-state index is 12.0. The lowest BCUT2D eigenvalue weighted by Gasteiger charge is -2.07. The number of nitrogens with one attached hydrogen (secondary N) is 1. The second kappa shape index (κ2) is 7.02. The molecule has 0 fully saturated rings. The Bertz CT molecular complexity index is 496. The Hall–Kier alpha value is -0.920. The van der Waals surface area contributed by atoms with Gasteiger partial charge >= 0.3 is 0 Å². The van der Waals surface area contributed by atoms with Gasteiger partial charge in [0.05, 0.1) is 0 Å². The van der Waals surface area contributed by atoms with Gasteiger partial charge in [0.25, 0.3) is 10.0 Å². The van der Waals surface area contributed by atoms with E-state index in [0.29, 0.717) is 25.3 Å². The van der Waals surface area contributed by atoms with E-state index >= 15 is 0 Å². The van der Waals surface area contributed by atoms with Crippen LogP contribution in [0.4, 0.5) is 0 Å². The first-order valence-electron chi connectivity index (χ1n) is 6.55. The third-order valence-electron chi connectivity index (χ3n) is 3.05. The molecular weight excluding hydrogens is 266 g/mol. The molecule has 7 heteroatoms. The van der Waals surface area contributed by atoms with Gasteiger partial charge in [-0.2, -0.15) is 0 Å². The minimum absolute atomic E-state index is 0.0713. The lowest BCUT2D eigenvalue weighted by atomic mass is 10.1. The molecule has 19 heavy (non-hydrogen) atoms. The second-order valence-electron chi connectivity index (χ2n) is 4.74. The van der Waals surface area contributed by atoms with Gasteiger partial charge in [-0.05, 0) is 32.6 Å². The molecule has 1 aromatic heterocycles. The van der Waals surface area contributed by atoms with Crippen molar-refractivity contribution in [3.8, 4) is 0 Å². The quantitative estimate of drug-likeness (QED) is 0.696. The molecule has 1 atom stereocenters. The number of nitrogens with zero attached hydrogens (tertiary/aromatic N) is 2. The Morgan fingerprint density at radius 1 is 1.53 bits per heavy atom. The second-order valence-corrected chi connectivity index (χ2v) is 6.45. The highest BCUT2D eigenvalue weighted by Gasteiger charge is 2.18. The molecule has 0 aromatic carbocycles. The van der Waals surface area contributed by atoms with E-state index in [9.17, 15) is 8.42 Å². The molecule has 0 radical (unpaired) electrons. The molecule has 0 amide bonds. The lowest BCUT2D eigenvalue weighted by Crippen LogP contribution is -2.25. The third-order valence-corrected chi connectivity index (χ3v) is 4.38. The van der Waals surface area contributed by atoms with Crippen molar-refractivity contribution in [2.24, 2.45) is 5.92 Å². The summed E-state index contributed by atoms with van der Waals surface area (Å²) >= 11 is 0. The fourth-order valence-electron chi connectivity index (χ4n) is 1.75. The molecule has 1 unspecified atom stereocenters. The van der Waals surface area contributed by atoms with E-state index in [1.807, 2.05) is 13.8 Å². The first-order valence-corrected chi connectivity index (χ1v) is 8.03. The number of aliphatic hydroxyl groups is 1. The van der Waals surface area contributed by atoms with Crippen LogP contribution < -0.4 is 4.72 Å². The minimum atomic E-state index is -3.52. The van der Waals surface area contributed by atoms with Crippen molar-refractivity contribution in [2.75, 3.05) is 13.2 Å². The summed E-state index contributed by atoms with van der Waals surface area (Å²) in [6.45, 7) is 6.85. The van der Waals surface area contributed by atoms with Crippen molar-refractivity contribution >= 4 is 10.0 Å². The molecule has 1 rings (SSSR count). The van der Waals surface area contributed by atoms with Crippen molar-refractivity contribution in [3.63, 3.8) is 0 Å². The van der Waals surface area contributed by atoms with Gasteiger partial charge in [0.1, 0.15) is 5.82 Å². The smallest absolute Gasteiger partial charge is 0.259 e. The van der Waals surface area contributed by atoms with E-state index in [4.69, 9.17) is 5.11 Å². The fourth-order valence-corrected chi connectivity index (χ4v) is 2.83. The normalized spacial score (nSPS) is 13.7. The van der Waals surface area contributed by atoms with Crippen molar-refractivity contribution in [1.29, 1.82) is 0 Å². The van der Waals surface area contributed by atoms with Crippen molar-refractivity contribution in [3.05, 3.63) is 12.0 Å². The molecule has 110 valence electrons. The number of hydrogen-bond acceptors (Lipinski definition) is 4. The lowest BCUT2D eigenvalue weighted by molar-refractivity contribution is 0.228. The fraction of sp³-hybridized carbons (Fsp3) is 0.750. The van der Waals surface area contributed by atoms with Gasteiger partial charge in [-0.3, -0.25) is 0 Å². The Kier molecular flexibility index (Phi) is 5.96. The summed E-state index contributed by atoms with van der Waals surface area (Å²) in [6.07, 6.45) is 3.05. The topological polar surface area (TPSA) is 84.2 Å². The standard InChI is InChI=1S/C12H23N3O3S/c1-4-15-8-12(14-11(15)3)19(17,18)13-7-5-6-10(2)9-16/h8,10,13,16H,4-7,9H2,1-3H3. The molecule has 0 saturated carbocycles. The molecule has 6 nitrogen and oxygen atoms in total. The third kappa shape index (κ3) is 4.59. The van der Waals surface area contributed by atoms with Crippen LogP contribution >= 0.6 is 0 Å². The highest BCUT2D eigenvalue weighted by atomic mass is 32.2. The summed E-state index contributed by atoms with van der Waals surface area (Å²) in [5.41, 5.74) is 0. The maximum atomic E-state index is 12.0. The van der Waals surface area contributed by atoms with Crippen molar-refractivity contribution in [2.45, 2.75) is 45.2 Å². The molecule has 2 N–H and O–H groups in total. The summed E-state index contributed by atoms with van der Waals surface area (Å²) in [4.78, 5) is 4.06. The Balaban J connectivity index is 2.56. The number of aromatic nitrogens is 2. The van der Waals surface area contributed by atoms with Crippen LogP contribution in [0.1, 0.15) is 32.5 Å². The molecule has 0 bridgehead atoms. The maximum Gasteiger partial charge on any atom is 0.259 e. The average molecular weight is 289 g/mol. The number of aliphatic hydroxyl groups excluding tert-OH is 1. The average Bonchev–Trinajstić information content (AvgIpc) is 2.76. The highest BCUT2D eigenvalue weighted by molar-refractivity contribution is 7.89. The first kappa shape index (κ1) is 16.1. The van der Waals surface area contributed by atoms with E-state index < -0.39 is 10.0 Å². The number of aryl methyl sites for hydroxylation is 2. The largest absolute Gasteiger partial charge is 0.396 e. The van der Waals surface area contributed by atoms with Gasteiger partial charge in [-0.15, -0.1) is 0 Å². The van der Waals surface area contributed by atoms with Gasteiger partial charge in [0, 0.05) is 25.9 Å². The Labute approximate surface area is 114 Å². The summed E-state index contributed by atoms with van der Waals surface area (Å²) in [5, 5.41) is 8.95. The zero-order chi connectivity index (χ0) is 14.5. The Morgan fingerprint density at radius 2 is 2.21 bits per heavy atom. The van der Waals surface area contributed by atoms with Crippen LogP contribution in [-0.2, 0) is 16.6 Å². The van der Waals surface area contributed by atoms with E-state index in [2.05, 4.69) is 9.71 Å². The molecule has 0 aliphatic rings. The van der Waals surface area contributed by atoms with E-state index in [-0.39, 0.29) is 17.6 Å². The highest BCUT2D eigenvalue weighted by Crippen LogP contribution is 2.09. The molecule has 1 heterocycles. The summed E-state index contributed by atoms with van der Waals surface area (Å²) < 4.78 is 28.3. The van der Waals surface area contributed by atoms with Crippen molar-refractivity contribution < 1.29 is 13.5 Å². The minimum Gasteiger partial charge on any atom is -0.396 e. The van der Waals surface area contributed by atoms with Crippen LogP contribution in [0.3, 0.4) is 0 Å². The zero-order valence-corrected chi connectivity index (χ0v) is 12.6. The van der Waals surface area contributed by atoms with Crippen LogP contribution in [0.5, 0.6) is 0 Å². The van der Waals surface area contributed by atoms with E-state index in [1.165, 1.54) is 0 Å². The molecule has 0 saturated heterocycles. The summed E-state index contributed by atoms with van der Waals surface area (Å²) in [7, 11) is -3.52. The molecule has 0 aliphatic heterocycles. The van der Waals surface area contributed by atoms with E-state index in [0.717, 1.165) is 6.42 Å². The number of sulfonamides is 1. The summed E-state index contributed by atoms with van der Waals surface area (Å²) in [5.74, 6) is 0.892. The van der Waals surface area contributed by atoms with Crippen LogP contribution in [0.25, 0.3) is 0 Å². The van der Waals surface area contributed by atoms with Crippen LogP contribution in [0.15, 0.2) is 11.2 Å². The van der Waals surface area contributed by atoms with Crippen LogP contribution in [-0.4, -0.2) is 36.2 Å². The number of hydrogen-bond donors (Lipinski definition) is 2. The number of rotatable bonds is 8. The van der Waals surface area contributed by atoms with Crippen molar-refractivity contribution in [1.82, 2.24) is 14.3 Å². The summed E-state index contributed by atoms with van der Waals surface area (Å²) in [6, 6.07) is 0. The predicted molar refractivity (Wildman–Crippen MR) is 73.3 cm³/mol. The molecule has 0 aliphatic carbocycles. The van der Waals surface area contributed by atoms with Gasteiger partial charge in [0.15, 0.2) is 5.03 Å². The molecule has 1 aromatic rings. The van der Waals surface area contributed by atoms with Gasteiger partial charge in [-0.25, -0.2) is 18.1 Å². The van der Waals surface area contributed by atoms with Crippen LogP contribution in [0.2, 0.25) is 0 Å². The SMILES string of the molecule is CCn1cc(S(=O)(=O)NCCCC(C)CO)nc1C. The predicted octanol–water partition coefficient (Wildman–Crippen LogP) is 0.898. The Morgan fingerprint density at radius 3 is 2.74 bits per heavy atom. The van der Waals surface area contributed by atoms with E-state index in [1.54, 1.807) is 17.7 Å². The number of imidazole rings is 1. The molecule has 0 spiro atoms. The van der Waals surface area contributed by atoms with Gasteiger partial charge in [-0.1, -0.05) is 6.92 Å². The molecular formula is C12H23N3O3S. The monoisotopic (exact) mass is 289 g/mol. The zero-order valence-electron chi connectivity index (χ0n) is 11.8. The van der Waals surface area contributed by atoms with Crippen LogP contribution in [0, 0.1) is 12.8 Å².